The van der Waals surface area contributed by atoms with Crippen LogP contribution < -0.4 is 5.73 Å². The molecule has 0 saturated carbocycles. The highest BCUT2D eigenvalue weighted by Gasteiger charge is 2.22. The van der Waals surface area contributed by atoms with E-state index in [0.29, 0.717) is 0 Å². The summed E-state index contributed by atoms with van der Waals surface area (Å²) in [6, 6.07) is 9.14. The van der Waals surface area contributed by atoms with E-state index in [1.54, 1.807) is 11.9 Å². The Morgan fingerprint density at radius 2 is 1.94 bits per heavy atom. The van der Waals surface area contributed by atoms with Gasteiger partial charge < -0.3 is 10.6 Å². The maximum absolute atomic E-state index is 12.0. The number of carbonyl (C=O) groups excluding carboxylic acids is 1. The van der Waals surface area contributed by atoms with Crippen LogP contribution in [0.25, 0.3) is 0 Å². The Kier molecular flexibility index (Phi) is 4.50. The minimum atomic E-state index is -0.555. The lowest BCUT2D eigenvalue weighted by Gasteiger charge is -2.26. The number of likely N-dealkylation sites (N-methyl/N-ethyl adjacent to an activating group) is 1. The van der Waals surface area contributed by atoms with Crippen LogP contribution in [0.5, 0.6) is 0 Å². The molecular formula is C13H20N2O. The van der Waals surface area contributed by atoms with E-state index in [0.717, 1.165) is 12.0 Å². The standard InChI is InChI=1S/C13H20N2O/c1-4-10(2)15(3)13(16)12(14)11-8-6-5-7-9-11/h5-10,12H,4,14H2,1-3H3/t10?,12-/m1/s1. The van der Waals surface area contributed by atoms with Crippen molar-refractivity contribution in [3.05, 3.63) is 35.9 Å². The molecule has 0 saturated heterocycles. The Morgan fingerprint density at radius 3 is 2.44 bits per heavy atom. The van der Waals surface area contributed by atoms with Crippen LogP contribution in [0, 0.1) is 0 Å². The minimum Gasteiger partial charge on any atom is -0.341 e. The zero-order valence-electron chi connectivity index (χ0n) is 10.2. The highest BCUT2D eigenvalue weighted by Crippen LogP contribution is 2.14. The van der Waals surface area contributed by atoms with Crippen LogP contribution in [-0.2, 0) is 4.79 Å². The molecule has 88 valence electrons. The molecule has 1 aromatic carbocycles. The fourth-order valence-electron chi connectivity index (χ4n) is 1.51. The van der Waals surface area contributed by atoms with Gasteiger partial charge in [0, 0.05) is 13.1 Å². The molecule has 2 N–H and O–H groups in total. The lowest BCUT2D eigenvalue weighted by atomic mass is 10.1. The first kappa shape index (κ1) is 12.7. The zero-order chi connectivity index (χ0) is 12.1. The van der Waals surface area contributed by atoms with Gasteiger partial charge in [0.15, 0.2) is 0 Å². The highest BCUT2D eigenvalue weighted by atomic mass is 16.2. The van der Waals surface area contributed by atoms with Crippen molar-refractivity contribution < 1.29 is 4.79 Å². The smallest absolute Gasteiger partial charge is 0.244 e. The molecule has 16 heavy (non-hydrogen) atoms. The predicted molar refractivity (Wildman–Crippen MR) is 65.9 cm³/mol. The lowest BCUT2D eigenvalue weighted by Crippen LogP contribution is -2.40. The van der Waals surface area contributed by atoms with E-state index in [1.165, 1.54) is 0 Å². The molecule has 1 rings (SSSR count). The van der Waals surface area contributed by atoms with Gasteiger partial charge in [0.1, 0.15) is 6.04 Å². The number of nitrogens with two attached hydrogens (primary N) is 1. The molecule has 0 spiro atoms. The molecule has 0 bridgehead atoms. The van der Waals surface area contributed by atoms with Crippen molar-refractivity contribution in [2.24, 2.45) is 5.73 Å². The Morgan fingerprint density at radius 1 is 1.38 bits per heavy atom. The van der Waals surface area contributed by atoms with Crippen molar-refractivity contribution in [3.63, 3.8) is 0 Å². The van der Waals surface area contributed by atoms with Crippen molar-refractivity contribution in [1.82, 2.24) is 4.90 Å². The van der Waals surface area contributed by atoms with E-state index in [4.69, 9.17) is 5.73 Å². The summed E-state index contributed by atoms with van der Waals surface area (Å²) < 4.78 is 0. The highest BCUT2D eigenvalue weighted by molar-refractivity contribution is 5.83. The summed E-state index contributed by atoms with van der Waals surface area (Å²) >= 11 is 0. The third-order valence-corrected chi connectivity index (χ3v) is 3.02. The van der Waals surface area contributed by atoms with E-state index in [-0.39, 0.29) is 11.9 Å². The Bertz CT molecular complexity index is 337. The molecule has 3 nitrogen and oxygen atoms in total. The largest absolute Gasteiger partial charge is 0.341 e. The SMILES string of the molecule is CCC(C)N(C)C(=O)[C@H](N)c1ccccc1. The Labute approximate surface area is 97.2 Å². The Balaban J connectivity index is 2.75. The lowest BCUT2D eigenvalue weighted by molar-refractivity contribution is -0.133. The van der Waals surface area contributed by atoms with Gasteiger partial charge in [0.05, 0.1) is 0 Å². The zero-order valence-corrected chi connectivity index (χ0v) is 10.2. The molecule has 0 radical (unpaired) electrons. The van der Waals surface area contributed by atoms with Gasteiger partial charge in [-0.3, -0.25) is 4.79 Å². The minimum absolute atomic E-state index is 0.0273. The molecule has 2 atom stereocenters. The second-order valence-corrected chi connectivity index (χ2v) is 4.09. The summed E-state index contributed by atoms with van der Waals surface area (Å²) in [7, 11) is 1.80. The maximum atomic E-state index is 12.0. The van der Waals surface area contributed by atoms with Crippen LogP contribution in [0.3, 0.4) is 0 Å². The molecule has 1 aromatic rings. The second kappa shape index (κ2) is 5.66. The number of rotatable bonds is 4. The van der Waals surface area contributed by atoms with Gasteiger partial charge in [0.2, 0.25) is 5.91 Å². The number of nitrogens with zero attached hydrogens (tertiary/aromatic N) is 1. The number of amides is 1. The number of hydrogen-bond donors (Lipinski definition) is 1. The van der Waals surface area contributed by atoms with Crippen molar-refractivity contribution >= 4 is 5.91 Å². The van der Waals surface area contributed by atoms with Crippen LogP contribution in [-0.4, -0.2) is 23.9 Å². The van der Waals surface area contributed by atoms with Gasteiger partial charge in [-0.2, -0.15) is 0 Å². The maximum Gasteiger partial charge on any atom is 0.244 e. The van der Waals surface area contributed by atoms with Crippen molar-refractivity contribution in [2.45, 2.75) is 32.4 Å². The van der Waals surface area contributed by atoms with Gasteiger partial charge >= 0.3 is 0 Å². The van der Waals surface area contributed by atoms with Gasteiger partial charge in [-0.15, -0.1) is 0 Å². The van der Waals surface area contributed by atoms with Gasteiger partial charge in [-0.1, -0.05) is 37.3 Å². The molecule has 0 aliphatic heterocycles. The molecule has 0 aliphatic carbocycles. The van der Waals surface area contributed by atoms with E-state index in [9.17, 15) is 4.79 Å². The normalized spacial score (nSPS) is 14.2. The quantitative estimate of drug-likeness (QED) is 0.843. The summed E-state index contributed by atoms with van der Waals surface area (Å²) in [4.78, 5) is 13.8. The topological polar surface area (TPSA) is 46.3 Å². The Hall–Kier alpha value is -1.35. The fraction of sp³-hybridized carbons (Fsp3) is 0.462. The molecule has 3 heteroatoms. The molecule has 1 amide bonds. The average Bonchev–Trinajstić information content (AvgIpc) is 2.36. The first-order valence-corrected chi connectivity index (χ1v) is 5.65. The van der Waals surface area contributed by atoms with E-state index in [1.807, 2.05) is 37.3 Å². The number of benzene rings is 1. The van der Waals surface area contributed by atoms with Crippen LogP contribution >= 0.6 is 0 Å². The van der Waals surface area contributed by atoms with Crippen molar-refractivity contribution in [1.29, 1.82) is 0 Å². The number of carbonyl (C=O) groups is 1. The second-order valence-electron chi connectivity index (χ2n) is 4.09. The molecule has 0 aromatic heterocycles. The number of hydrogen-bond acceptors (Lipinski definition) is 2. The van der Waals surface area contributed by atoms with Gasteiger partial charge in [0.25, 0.3) is 0 Å². The van der Waals surface area contributed by atoms with Crippen LogP contribution in [0.1, 0.15) is 31.9 Å². The fourth-order valence-corrected chi connectivity index (χ4v) is 1.51. The molecule has 1 unspecified atom stereocenters. The van der Waals surface area contributed by atoms with Gasteiger partial charge in [-0.25, -0.2) is 0 Å². The molecular weight excluding hydrogens is 200 g/mol. The van der Waals surface area contributed by atoms with Crippen molar-refractivity contribution in [3.8, 4) is 0 Å². The summed E-state index contributed by atoms with van der Waals surface area (Å²) in [6.07, 6.45) is 0.934. The van der Waals surface area contributed by atoms with Crippen LogP contribution in [0.15, 0.2) is 30.3 Å². The molecule has 0 heterocycles. The van der Waals surface area contributed by atoms with Crippen LogP contribution in [0.4, 0.5) is 0 Å². The third-order valence-electron chi connectivity index (χ3n) is 3.02. The molecule has 0 aliphatic rings. The van der Waals surface area contributed by atoms with E-state index in [2.05, 4.69) is 6.92 Å². The molecule has 0 fully saturated rings. The van der Waals surface area contributed by atoms with E-state index >= 15 is 0 Å². The summed E-state index contributed by atoms with van der Waals surface area (Å²) in [5.41, 5.74) is 6.80. The van der Waals surface area contributed by atoms with E-state index < -0.39 is 6.04 Å². The van der Waals surface area contributed by atoms with Crippen LogP contribution in [0.2, 0.25) is 0 Å². The summed E-state index contributed by atoms with van der Waals surface area (Å²) in [5.74, 6) is -0.0273. The average molecular weight is 220 g/mol. The third kappa shape index (κ3) is 2.83. The summed E-state index contributed by atoms with van der Waals surface area (Å²) in [5, 5.41) is 0. The first-order chi connectivity index (χ1) is 7.57. The summed E-state index contributed by atoms with van der Waals surface area (Å²) in [6.45, 7) is 4.08. The van der Waals surface area contributed by atoms with Gasteiger partial charge in [-0.05, 0) is 18.9 Å². The first-order valence-electron chi connectivity index (χ1n) is 5.65. The predicted octanol–water partition coefficient (Wildman–Crippen LogP) is 1.94. The monoisotopic (exact) mass is 220 g/mol. The van der Waals surface area contributed by atoms with Crippen molar-refractivity contribution in [2.75, 3.05) is 7.05 Å².